The Hall–Kier alpha value is -1.34. The van der Waals surface area contributed by atoms with Crippen LogP contribution in [-0.4, -0.2) is 60.1 Å². The Morgan fingerprint density at radius 3 is 2.47 bits per heavy atom. The van der Waals surface area contributed by atoms with Gasteiger partial charge in [-0.1, -0.05) is 52.3 Å². The van der Waals surface area contributed by atoms with Gasteiger partial charge >= 0.3 is 0 Å². The highest BCUT2D eigenvalue weighted by molar-refractivity contribution is 7.99. The smallest absolute Gasteiger partial charge is 0.138 e. The van der Waals surface area contributed by atoms with E-state index in [9.17, 15) is 5.11 Å². The molecule has 1 aromatic carbocycles. The van der Waals surface area contributed by atoms with Crippen LogP contribution in [0.5, 0.6) is 0 Å². The van der Waals surface area contributed by atoms with Crippen LogP contribution in [0.1, 0.15) is 81.5 Å². The minimum atomic E-state index is 0.275. The van der Waals surface area contributed by atoms with Gasteiger partial charge in [-0.15, -0.1) is 0 Å². The first-order valence-corrected chi connectivity index (χ1v) is 15.0. The highest BCUT2D eigenvalue weighted by Gasteiger charge is 2.29. The van der Waals surface area contributed by atoms with E-state index >= 15 is 0 Å². The molecular formula is C28H41N3OS2. The summed E-state index contributed by atoms with van der Waals surface area (Å²) in [7, 11) is 0. The van der Waals surface area contributed by atoms with E-state index in [4.69, 9.17) is 4.99 Å². The van der Waals surface area contributed by atoms with Crippen molar-refractivity contribution in [2.45, 2.75) is 81.9 Å². The second-order valence-electron chi connectivity index (χ2n) is 9.68. The van der Waals surface area contributed by atoms with Crippen molar-refractivity contribution >= 4 is 34.6 Å². The summed E-state index contributed by atoms with van der Waals surface area (Å²) >= 11 is 3.72. The molecule has 0 radical (unpaired) electrons. The zero-order chi connectivity index (χ0) is 24.1. The number of aryl methyl sites for hydroxylation is 1. The van der Waals surface area contributed by atoms with Gasteiger partial charge < -0.3 is 10.0 Å². The number of nitrogens with zero attached hydrogens (tertiary/aromatic N) is 3. The van der Waals surface area contributed by atoms with Crippen LogP contribution in [-0.2, 0) is 12.8 Å². The lowest BCUT2D eigenvalue weighted by atomic mass is 9.85. The molecule has 2 aliphatic heterocycles. The van der Waals surface area contributed by atoms with Gasteiger partial charge in [0.1, 0.15) is 5.84 Å². The Labute approximate surface area is 214 Å². The van der Waals surface area contributed by atoms with Crippen molar-refractivity contribution in [1.82, 2.24) is 9.80 Å². The van der Waals surface area contributed by atoms with Crippen molar-refractivity contribution in [2.24, 2.45) is 4.99 Å². The summed E-state index contributed by atoms with van der Waals surface area (Å²) in [6, 6.07) is 2.47. The fraction of sp³-hybridized carbons (Fsp3) is 0.607. The van der Waals surface area contributed by atoms with Crippen molar-refractivity contribution in [1.29, 1.82) is 0 Å². The highest BCUT2D eigenvalue weighted by Crippen LogP contribution is 2.48. The van der Waals surface area contributed by atoms with Crippen molar-refractivity contribution in [3.63, 3.8) is 0 Å². The monoisotopic (exact) mass is 499 g/mol. The SMILES string of the molecule is CCCc1cc2c(c(C(C)CC)c1CCC)N=C(N1CCN(CCCO)CC1)c1cscc1S2. The molecule has 3 heterocycles. The molecule has 2 aromatic rings. The van der Waals surface area contributed by atoms with Gasteiger partial charge in [0.15, 0.2) is 0 Å². The van der Waals surface area contributed by atoms with Crippen molar-refractivity contribution in [2.75, 3.05) is 39.3 Å². The summed E-state index contributed by atoms with van der Waals surface area (Å²) in [5.41, 5.74) is 7.16. The van der Waals surface area contributed by atoms with Crippen LogP contribution in [0, 0.1) is 0 Å². The summed E-state index contributed by atoms with van der Waals surface area (Å²) in [5.74, 6) is 1.67. The van der Waals surface area contributed by atoms with Crippen molar-refractivity contribution in [3.05, 3.63) is 39.1 Å². The number of piperazine rings is 1. The van der Waals surface area contributed by atoms with E-state index in [1.54, 1.807) is 22.5 Å². The predicted octanol–water partition coefficient (Wildman–Crippen LogP) is 6.71. The first kappa shape index (κ1) is 25.7. The largest absolute Gasteiger partial charge is 0.396 e. The Morgan fingerprint density at radius 2 is 1.79 bits per heavy atom. The topological polar surface area (TPSA) is 39.1 Å². The van der Waals surface area contributed by atoms with E-state index in [2.05, 4.69) is 54.3 Å². The lowest BCUT2D eigenvalue weighted by Crippen LogP contribution is -2.49. The quantitative estimate of drug-likeness (QED) is 0.416. The van der Waals surface area contributed by atoms with Gasteiger partial charge in [0, 0.05) is 65.4 Å². The zero-order valence-electron chi connectivity index (χ0n) is 21.4. The van der Waals surface area contributed by atoms with E-state index in [1.165, 1.54) is 45.3 Å². The van der Waals surface area contributed by atoms with Crippen LogP contribution in [0.4, 0.5) is 5.69 Å². The molecule has 1 unspecified atom stereocenters. The van der Waals surface area contributed by atoms with Crippen LogP contribution in [0.3, 0.4) is 0 Å². The number of hydrogen-bond acceptors (Lipinski definition) is 6. The van der Waals surface area contributed by atoms with Gasteiger partial charge in [-0.2, -0.15) is 11.3 Å². The minimum absolute atomic E-state index is 0.275. The van der Waals surface area contributed by atoms with Crippen LogP contribution in [0.25, 0.3) is 0 Å². The number of hydrogen-bond donors (Lipinski definition) is 1. The number of benzene rings is 1. The predicted molar refractivity (Wildman–Crippen MR) is 147 cm³/mol. The first-order valence-electron chi connectivity index (χ1n) is 13.2. The fourth-order valence-corrected chi connectivity index (χ4v) is 7.33. The fourth-order valence-electron chi connectivity index (χ4n) is 5.26. The van der Waals surface area contributed by atoms with Gasteiger partial charge in [0.25, 0.3) is 0 Å². The van der Waals surface area contributed by atoms with Gasteiger partial charge in [-0.3, -0.25) is 4.90 Å². The highest BCUT2D eigenvalue weighted by atomic mass is 32.2. The maximum absolute atomic E-state index is 9.21. The van der Waals surface area contributed by atoms with Crippen LogP contribution >= 0.6 is 23.1 Å². The molecule has 1 N–H and O–H groups in total. The summed E-state index contributed by atoms with van der Waals surface area (Å²) in [6.07, 6.45) is 6.64. The normalized spacial score (nSPS) is 17.2. The molecule has 4 nitrogen and oxygen atoms in total. The van der Waals surface area contributed by atoms with E-state index < -0.39 is 0 Å². The summed E-state index contributed by atoms with van der Waals surface area (Å²) in [4.78, 5) is 13.2. The zero-order valence-corrected chi connectivity index (χ0v) is 23.0. The average Bonchev–Trinajstić information content (AvgIpc) is 3.25. The van der Waals surface area contributed by atoms with Gasteiger partial charge in [0.05, 0.1) is 5.69 Å². The maximum atomic E-state index is 9.21. The average molecular weight is 500 g/mol. The van der Waals surface area contributed by atoms with E-state index in [-0.39, 0.29) is 6.61 Å². The second-order valence-corrected chi connectivity index (χ2v) is 11.5. The minimum Gasteiger partial charge on any atom is -0.396 e. The van der Waals surface area contributed by atoms with Crippen LogP contribution < -0.4 is 0 Å². The van der Waals surface area contributed by atoms with Crippen LogP contribution in [0.2, 0.25) is 0 Å². The molecule has 0 spiro atoms. The Morgan fingerprint density at radius 1 is 1.03 bits per heavy atom. The Balaban J connectivity index is 1.80. The molecule has 0 amide bonds. The lowest BCUT2D eigenvalue weighted by molar-refractivity contribution is 0.166. The number of amidine groups is 1. The number of aliphatic imine (C=N–C) groups is 1. The molecule has 4 rings (SSSR count). The third-order valence-corrected chi connectivity index (χ3v) is 9.22. The molecule has 2 aliphatic rings. The number of thiophene rings is 1. The first-order chi connectivity index (χ1) is 16.6. The van der Waals surface area contributed by atoms with E-state index in [0.29, 0.717) is 5.92 Å². The Bertz CT molecular complexity index is 992. The third kappa shape index (κ3) is 5.40. The van der Waals surface area contributed by atoms with E-state index in [0.717, 1.165) is 58.4 Å². The van der Waals surface area contributed by atoms with Crippen molar-refractivity contribution in [3.8, 4) is 0 Å². The number of aliphatic hydroxyl groups excluding tert-OH is 1. The molecule has 186 valence electrons. The summed E-state index contributed by atoms with van der Waals surface area (Å²) < 4.78 is 0. The molecular weight excluding hydrogens is 458 g/mol. The maximum Gasteiger partial charge on any atom is 0.138 e. The second kappa shape index (κ2) is 12.1. The molecule has 1 saturated heterocycles. The van der Waals surface area contributed by atoms with Gasteiger partial charge in [-0.05, 0) is 54.4 Å². The number of rotatable bonds is 9. The number of fused-ring (bicyclic) bond motifs is 2. The molecule has 1 fully saturated rings. The molecule has 1 atom stereocenters. The molecule has 1 aromatic heterocycles. The van der Waals surface area contributed by atoms with Crippen molar-refractivity contribution < 1.29 is 5.11 Å². The van der Waals surface area contributed by atoms with Crippen LogP contribution in [0.15, 0.2) is 31.6 Å². The molecule has 0 saturated carbocycles. The van der Waals surface area contributed by atoms with Gasteiger partial charge in [0.2, 0.25) is 0 Å². The summed E-state index contributed by atoms with van der Waals surface area (Å²) in [5, 5.41) is 13.8. The molecule has 6 heteroatoms. The standard InChI is InChI=1S/C28H41N3OS2/c1-5-9-21-17-24-27(26(20(4)7-3)22(21)10-6-2)29-28(23-18-33-19-25(23)34-24)31-14-12-30(13-15-31)11-8-16-32/h17-20,32H,5-16H2,1-4H3. The molecule has 0 bridgehead atoms. The Kier molecular flexibility index (Phi) is 9.14. The van der Waals surface area contributed by atoms with Gasteiger partial charge in [-0.25, -0.2) is 4.99 Å². The van der Waals surface area contributed by atoms with E-state index in [1.807, 2.05) is 11.8 Å². The number of aliphatic hydroxyl groups is 1. The summed E-state index contributed by atoms with van der Waals surface area (Å²) in [6.45, 7) is 14.6. The third-order valence-electron chi connectivity index (χ3n) is 7.24. The molecule has 34 heavy (non-hydrogen) atoms. The molecule has 0 aliphatic carbocycles. The lowest BCUT2D eigenvalue weighted by Gasteiger charge is -2.36.